The molecule has 0 aliphatic heterocycles. The Morgan fingerprint density at radius 2 is 2.33 bits per heavy atom. The summed E-state index contributed by atoms with van der Waals surface area (Å²) in [5.74, 6) is 5.61. The minimum absolute atomic E-state index is 0.0255. The van der Waals surface area contributed by atoms with Crippen LogP contribution in [0.3, 0.4) is 0 Å². The first-order chi connectivity index (χ1) is 7.24. The molecule has 15 heavy (non-hydrogen) atoms. The van der Waals surface area contributed by atoms with Gasteiger partial charge >= 0.3 is 0 Å². The van der Waals surface area contributed by atoms with Gasteiger partial charge in [0.2, 0.25) is 5.91 Å². The normalized spacial score (nSPS) is 10.0. The van der Waals surface area contributed by atoms with Crippen LogP contribution in [0.4, 0.5) is 0 Å². The molecule has 0 unspecified atom stereocenters. The van der Waals surface area contributed by atoms with Gasteiger partial charge in [-0.2, -0.15) is 0 Å². The lowest BCUT2D eigenvalue weighted by molar-refractivity contribution is -0.132. The molecule has 0 aromatic carbocycles. The van der Waals surface area contributed by atoms with Crippen LogP contribution in [0.5, 0.6) is 0 Å². The Hall–Kier alpha value is -1.42. The Morgan fingerprint density at radius 1 is 1.53 bits per heavy atom. The molecule has 82 valence electrons. The predicted molar refractivity (Wildman–Crippen MR) is 58.5 cm³/mol. The van der Waals surface area contributed by atoms with Crippen molar-refractivity contribution in [3.8, 4) is 0 Å². The predicted octanol–water partition coefficient (Wildman–Crippen LogP) is 1.47. The van der Waals surface area contributed by atoms with Gasteiger partial charge in [0.05, 0.1) is 12.2 Å². The fraction of sp³-hybridized carbons (Fsp3) is 0.455. The number of nitrogens with two attached hydrogens (primary N) is 1. The summed E-state index contributed by atoms with van der Waals surface area (Å²) in [6.07, 6.45) is 4.09. The molecular weight excluding hydrogens is 190 g/mol. The number of amides is 1. The number of rotatable bonds is 5. The molecule has 4 heteroatoms. The van der Waals surface area contributed by atoms with Crippen LogP contribution in [0.25, 0.3) is 0 Å². The van der Waals surface area contributed by atoms with E-state index in [1.807, 2.05) is 25.1 Å². The van der Waals surface area contributed by atoms with Crippen molar-refractivity contribution in [3.63, 3.8) is 0 Å². The van der Waals surface area contributed by atoms with E-state index in [4.69, 9.17) is 5.84 Å². The molecule has 0 atom stereocenters. The van der Waals surface area contributed by atoms with E-state index >= 15 is 0 Å². The summed E-state index contributed by atoms with van der Waals surface area (Å²) in [4.78, 5) is 15.6. The highest BCUT2D eigenvalue weighted by Gasteiger charge is 2.09. The molecule has 0 aliphatic rings. The van der Waals surface area contributed by atoms with Gasteiger partial charge in [0, 0.05) is 12.6 Å². The molecule has 1 rings (SSSR count). The molecule has 0 aliphatic carbocycles. The van der Waals surface area contributed by atoms with Crippen LogP contribution >= 0.6 is 0 Å². The summed E-state index contributed by atoms with van der Waals surface area (Å²) in [5.41, 5.74) is 0.810. The zero-order chi connectivity index (χ0) is 11.1. The third-order valence-corrected chi connectivity index (χ3v) is 2.12. The molecule has 1 aromatic rings. The number of unbranched alkanes of at least 4 members (excludes halogenated alkanes) is 1. The monoisotopic (exact) mass is 207 g/mol. The number of hydrazine groups is 1. The van der Waals surface area contributed by atoms with E-state index in [0.29, 0.717) is 13.0 Å². The van der Waals surface area contributed by atoms with Crippen molar-refractivity contribution in [1.29, 1.82) is 0 Å². The molecule has 1 aromatic heterocycles. The van der Waals surface area contributed by atoms with E-state index in [0.717, 1.165) is 18.5 Å². The SMILES string of the molecule is CCCCC(=O)N(N)Cc1ccccn1. The van der Waals surface area contributed by atoms with Crippen LogP contribution in [0, 0.1) is 0 Å². The third kappa shape index (κ3) is 4.08. The number of hydrogen-bond acceptors (Lipinski definition) is 3. The van der Waals surface area contributed by atoms with Crippen LogP contribution in [0.15, 0.2) is 24.4 Å². The highest BCUT2D eigenvalue weighted by atomic mass is 16.2. The second-order valence-corrected chi connectivity index (χ2v) is 3.45. The third-order valence-electron chi connectivity index (χ3n) is 2.12. The molecule has 4 nitrogen and oxygen atoms in total. The minimum Gasteiger partial charge on any atom is -0.275 e. The van der Waals surface area contributed by atoms with Crippen molar-refractivity contribution in [2.45, 2.75) is 32.7 Å². The van der Waals surface area contributed by atoms with Gasteiger partial charge in [-0.05, 0) is 18.6 Å². The standard InChI is InChI=1S/C11H17N3O/c1-2-3-7-11(15)14(12)9-10-6-4-5-8-13-10/h4-6,8H,2-3,7,9,12H2,1H3. The number of nitrogens with zero attached hydrogens (tertiary/aromatic N) is 2. The molecule has 0 spiro atoms. The van der Waals surface area contributed by atoms with Crippen molar-refractivity contribution in [3.05, 3.63) is 30.1 Å². The highest BCUT2D eigenvalue weighted by molar-refractivity contribution is 5.75. The first-order valence-corrected chi connectivity index (χ1v) is 5.19. The van der Waals surface area contributed by atoms with Gasteiger partial charge in [-0.25, -0.2) is 5.84 Å². The molecule has 0 radical (unpaired) electrons. The number of hydrogen-bond donors (Lipinski definition) is 1. The van der Waals surface area contributed by atoms with Gasteiger partial charge in [0.25, 0.3) is 0 Å². The molecule has 2 N–H and O–H groups in total. The Kier molecular flexibility index (Phi) is 4.77. The van der Waals surface area contributed by atoms with Gasteiger partial charge in [0.15, 0.2) is 0 Å². The van der Waals surface area contributed by atoms with Crippen LogP contribution in [-0.2, 0) is 11.3 Å². The average Bonchev–Trinajstić information content (AvgIpc) is 2.27. The summed E-state index contributed by atoms with van der Waals surface area (Å²) in [6, 6.07) is 5.57. The topological polar surface area (TPSA) is 59.2 Å². The van der Waals surface area contributed by atoms with E-state index < -0.39 is 0 Å². The molecule has 1 amide bonds. The van der Waals surface area contributed by atoms with Gasteiger partial charge in [-0.3, -0.25) is 14.8 Å². The summed E-state index contributed by atoms with van der Waals surface area (Å²) < 4.78 is 0. The Bertz CT molecular complexity index is 300. The summed E-state index contributed by atoms with van der Waals surface area (Å²) in [6.45, 7) is 2.43. The van der Waals surface area contributed by atoms with Gasteiger partial charge in [-0.15, -0.1) is 0 Å². The summed E-state index contributed by atoms with van der Waals surface area (Å²) in [5, 5.41) is 1.23. The van der Waals surface area contributed by atoms with Crippen molar-refractivity contribution >= 4 is 5.91 Å². The second kappa shape index (κ2) is 6.14. The average molecular weight is 207 g/mol. The Morgan fingerprint density at radius 3 is 2.93 bits per heavy atom. The zero-order valence-corrected chi connectivity index (χ0v) is 9.02. The number of carbonyl (C=O) groups excluding carboxylic acids is 1. The quantitative estimate of drug-likeness (QED) is 0.452. The maximum atomic E-state index is 11.5. The highest BCUT2D eigenvalue weighted by Crippen LogP contribution is 2.01. The van der Waals surface area contributed by atoms with E-state index in [1.54, 1.807) is 6.20 Å². The molecule has 0 fully saturated rings. The second-order valence-electron chi connectivity index (χ2n) is 3.45. The van der Waals surface area contributed by atoms with Gasteiger partial charge in [0.1, 0.15) is 0 Å². The molecule has 0 saturated carbocycles. The molecule has 0 saturated heterocycles. The van der Waals surface area contributed by atoms with Crippen molar-refractivity contribution in [1.82, 2.24) is 9.99 Å². The van der Waals surface area contributed by atoms with Crippen LogP contribution < -0.4 is 5.84 Å². The fourth-order valence-corrected chi connectivity index (χ4v) is 1.23. The zero-order valence-electron chi connectivity index (χ0n) is 9.02. The molecule has 0 bridgehead atoms. The van der Waals surface area contributed by atoms with E-state index in [9.17, 15) is 4.79 Å². The van der Waals surface area contributed by atoms with Crippen molar-refractivity contribution in [2.75, 3.05) is 0 Å². The van der Waals surface area contributed by atoms with Crippen molar-refractivity contribution < 1.29 is 4.79 Å². The fourth-order valence-electron chi connectivity index (χ4n) is 1.23. The minimum atomic E-state index is -0.0255. The van der Waals surface area contributed by atoms with E-state index in [2.05, 4.69) is 4.98 Å². The Labute approximate surface area is 90.1 Å². The van der Waals surface area contributed by atoms with Crippen LogP contribution in [0.2, 0.25) is 0 Å². The van der Waals surface area contributed by atoms with Crippen LogP contribution in [-0.4, -0.2) is 15.9 Å². The van der Waals surface area contributed by atoms with Crippen molar-refractivity contribution in [2.24, 2.45) is 5.84 Å². The lowest BCUT2D eigenvalue weighted by Gasteiger charge is -2.15. The van der Waals surface area contributed by atoms with Crippen LogP contribution in [0.1, 0.15) is 31.9 Å². The lowest BCUT2D eigenvalue weighted by atomic mass is 10.2. The van der Waals surface area contributed by atoms with E-state index in [-0.39, 0.29) is 5.91 Å². The molecule has 1 heterocycles. The van der Waals surface area contributed by atoms with E-state index in [1.165, 1.54) is 5.01 Å². The number of carbonyl (C=O) groups is 1. The molecular formula is C11H17N3O. The summed E-state index contributed by atoms with van der Waals surface area (Å²) in [7, 11) is 0. The van der Waals surface area contributed by atoms with Gasteiger partial charge < -0.3 is 0 Å². The number of pyridine rings is 1. The lowest BCUT2D eigenvalue weighted by Crippen LogP contribution is -2.36. The van der Waals surface area contributed by atoms with Gasteiger partial charge in [-0.1, -0.05) is 19.4 Å². The maximum absolute atomic E-state index is 11.5. The largest absolute Gasteiger partial charge is 0.275 e. The summed E-state index contributed by atoms with van der Waals surface area (Å²) >= 11 is 0. The first-order valence-electron chi connectivity index (χ1n) is 5.19. The first kappa shape index (κ1) is 11.7. The maximum Gasteiger partial charge on any atom is 0.236 e. The number of aromatic nitrogens is 1. The smallest absolute Gasteiger partial charge is 0.236 e. The Balaban J connectivity index is 2.41.